The summed E-state index contributed by atoms with van der Waals surface area (Å²) in [7, 11) is 0. The summed E-state index contributed by atoms with van der Waals surface area (Å²) in [4.78, 5) is 2.66. The van der Waals surface area contributed by atoms with Gasteiger partial charge in [-0.3, -0.25) is 0 Å². The van der Waals surface area contributed by atoms with Gasteiger partial charge in [0.05, 0.1) is 0 Å². The van der Waals surface area contributed by atoms with Crippen LogP contribution in [-0.4, -0.2) is 37.1 Å². The standard InChI is InChI=1S/C13H26N2/c1-2-14-13(12-7-3-4-8-12)11-15-9-5-6-10-15/h12-14H,2-11H2,1H3. The fourth-order valence-electron chi connectivity index (χ4n) is 3.25. The molecule has 2 rings (SSSR count). The molecule has 1 atom stereocenters. The van der Waals surface area contributed by atoms with Gasteiger partial charge in [0.15, 0.2) is 0 Å². The van der Waals surface area contributed by atoms with E-state index < -0.39 is 0 Å². The highest BCUT2D eigenvalue weighted by atomic mass is 15.2. The Kier molecular flexibility index (Phi) is 4.45. The first kappa shape index (κ1) is 11.4. The van der Waals surface area contributed by atoms with Crippen LogP contribution in [0, 0.1) is 5.92 Å². The van der Waals surface area contributed by atoms with E-state index in [4.69, 9.17) is 0 Å². The third kappa shape index (κ3) is 3.18. The number of hydrogen-bond donors (Lipinski definition) is 1. The second kappa shape index (κ2) is 5.86. The van der Waals surface area contributed by atoms with Gasteiger partial charge >= 0.3 is 0 Å². The molecule has 1 aliphatic heterocycles. The van der Waals surface area contributed by atoms with Crippen LogP contribution in [0.3, 0.4) is 0 Å². The molecular weight excluding hydrogens is 184 g/mol. The average molecular weight is 210 g/mol. The van der Waals surface area contributed by atoms with Crippen molar-refractivity contribution in [1.82, 2.24) is 10.2 Å². The Morgan fingerprint density at radius 3 is 2.40 bits per heavy atom. The normalized spacial score (nSPS) is 26.2. The van der Waals surface area contributed by atoms with Crippen molar-refractivity contribution < 1.29 is 0 Å². The Bertz CT molecular complexity index is 169. The summed E-state index contributed by atoms with van der Waals surface area (Å²) in [5.41, 5.74) is 0. The predicted octanol–water partition coefficient (Wildman–Crippen LogP) is 2.25. The highest BCUT2D eigenvalue weighted by Crippen LogP contribution is 2.28. The summed E-state index contributed by atoms with van der Waals surface area (Å²) in [6.45, 7) is 7.36. The molecule has 0 spiro atoms. The number of likely N-dealkylation sites (tertiary alicyclic amines) is 1. The van der Waals surface area contributed by atoms with E-state index >= 15 is 0 Å². The Labute approximate surface area is 94.4 Å². The molecule has 2 heteroatoms. The van der Waals surface area contributed by atoms with Crippen molar-refractivity contribution in [3.8, 4) is 0 Å². The molecule has 88 valence electrons. The quantitative estimate of drug-likeness (QED) is 0.749. The van der Waals surface area contributed by atoms with Crippen LogP contribution in [-0.2, 0) is 0 Å². The lowest BCUT2D eigenvalue weighted by Crippen LogP contribution is -2.44. The lowest BCUT2D eigenvalue weighted by Gasteiger charge is -2.28. The van der Waals surface area contributed by atoms with Crippen molar-refractivity contribution in [2.24, 2.45) is 5.92 Å². The van der Waals surface area contributed by atoms with Gasteiger partial charge in [-0.05, 0) is 51.2 Å². The molecule has 0 radical (unpaired) electrons. The Morgan fingerprint density at radius 2 is 1.80 bits per heavy atom. The highest BCUT2D eigenvalue weighted by molar-refractivity contribution is 4.84. The van der Waals surface area contributed by atoms with E-state index in [1.54, 1.807) is 0 Å². The minimum Gasteiger partial charge on any atom is -0.313 e. The largest absolute Gasteiger partial charge is 0.313 e. The topological polar surface area (TPSA) is 15.3 Å². The Morgan fingerprint density at radius 1 is 1.13 bits per heavy atom. The lowest BCUT2D eigenvalue weighted by molar-refractivity contribution is 0.243. The van der Waals surface area contributed by atoms with Crippen molar-refractivity contribution >= 4 is 0 Å². The molecule has 1 heterocycles. The number of likely N-dealkylation sites (N-methyl/N-ethyl adjacent to an activating group) is 1. The number of hydrogen-bond acceptors (Lipinski definition) is 2. The van der Waals surface area contributed by atoms with Crippen LogP contribution in [0.15, 0.2) is 0 Å². The van der Waals surface area contributed by atoms with Crippen LogP contribution >= 0.6 is 0 Å². The SMILES string of the molecule is CCNC(CN1CCCC1)C1CCCC1. The average Bonchev–Trinajstić information content (AvgIpc) is 2.89. The second-order valence-electron chi connectivity index (χ2n) is 5.22. The molecule has 0 bridgehead atoms. The van der Waals surface area contributed by atoms with Crippen molar-refractivity contribution in [2.75, 3.05) is 26.2 Å². The molecule has 15 heavy (non-hydrogen) atoms. The van der Waals surface area contributed by atoms with Crippen molar-refractivity contribution in [1.29, 1.82) is 0 Å². The third-order valence-corrected chi connectivity index (χ3v) is 4.09. The monoisotopic (exact) mass is 210 g/mol. The van der Waals surface area contributed by atoms with Crippen molar-refractivity contribution in [3.63, 3.8) is 0 Å². The minimum atomic E-state index is 0.774. The molecular formula is C13H26N2. The molecule has 0 aromatic rings. The molecule has 1 saturated carbocycles. The lowest BCUT2D eigenvalue weighted by atomic mass is 9.97. The molecule has 1 aliphatic carbocycles. The van der Waals surface area contributed by atoms with E-state index in [0.717, 1.165) is 18.5 Å². The molecule has 2 fully saturated rings. The highest BCUT2D eigenvalue weighted by Gasteiger charge is 2.26. The van der Waals surface area contributed by atoms with Gasteiger partial charge in [-0.25, -0.2) is 0 Å². The van der Waals surface area contributed by atoms with Crippen LogP contribution in [0.25, 0.3) is 0 Å². The molecule has 2 aliphatic rings. The maximum atomic E-state index is 3.71. The summed E-state index contributed by atoms with van der Waals surface area (Å²) >= 11 is 0. The van der Waals surface area contributed by atoms with Gasteiger partial charge < -0.3 is 10.2 Å². The van der Waals surface area contributed by atoms with Crippen LogP contribution in [0.5, 0.6) is 0 Å². The van der Waals surface area contributed by atoms with Gasteiger partial charge in [0, 0.05) is 12.6 Å². The summed E-state index contributed by atoms with van der Waals surface area (Å²) in [6.07, 6.45) is 8.70. The maximum Gasteiger partial charge on any atom is 0.0223 e. The Hall–Kier alpha value is -0.0800. The molecule has 1 N–H and O–H groups in total. The van der Waals surface area contributed by atoms with Crippen LogP contribution in [0.1, 0.15) is 45.4 Å². The van der Waals surface area contributed by atoms with Crippen molar-refractivity contribution in [2.45, 2.75) is 51.5 Å². The van der Waals surface area contributed by atoms with Crippen LogP contribution in [0.4, 0.5) is 0 Å². The summed E-state index contributed by atoms with van der Waals surface area (Å²) < 4.78 is 0. The summed E-state index contributed by atoms with van der Waals surface area (Å²) in [5.74, 6) is 0.963. The second-order valence-corrected chi connectivity index (χ2v) is 5.22. The van der Waals surface area contributed by atoms with E-state index in [1.807, 2.05) is 0 Å². The van der Waals surface area contributed by atoms with E-state index in [2.05, 4.69) is 17.1 Å². The van der Waals surface area contributed by atoms with E-state index in [-0.39, 0.29) is 0 Å². The molecule has 0 aromatic heterocycles. The van der Waals surface area contributed by atoms with Gasteiger partial charge in [-0.2, -0.15) is 0 Å². The zero-order valence-electron chi connectivity index (χ0n) is 10.2. The van der Waals surface area contributed by atoms with Gasteiger partial charge in [0.1, 0.15) is 0 Å². The summed E-state index contributed by atoms with van der Waals surface area (Å²) in [5, 5.41) is 3.71. The third-order valence-electron chi connectivity index (χ3n) is 4.09. The molecule has 2 nitrogen and oxygen atoms in total. The molecule has 1 saturated heterocycles. The molecule has 0 aromatic carbocycles. The predicted molar refractivity (Wildman–Crippen MR) is 65.1 cm³/mol. The molecule has 0 amide bonds. The number of rotatable bonds is 5. The van der Waals surface area contributed by atoms with Gasteiger partial charge in [-0.15, -0.1) is 0 Å². The first-order valence-corrected chi connectivity index (χ1v) is 6.86. The van der Waals surface area contributed by atoms with Crippen LogP contribution in [0.2, 0.25) is 0 Å². The zero-order valence-corrected chi connectivity index (χ0v) is 10.2. The maximum absolute atomic E-state index is 3.71. The number of nitrogens with one attached hydrogen (secondary N) is 1. The Balaban J connectivity index is 1.81. The first-order chi connectivity index (χ1) is 7.40. The first-order valence-electron chi connectivity index (χ1n) is 6.86. The van der Waals surface area contributed by atoms with E-state index in [9.17, 15) is 0 Å². The minimum absolute atomic E-state index is 0.774. The van der Waals surface area contributed by atoms with Gasteiger partial charge in [-0.1, -0.05) is 19.8 Å². The fourth-order valence-corrected chi connectivity index (χ4v) is 3.25. The van der Waals surface area contributed by atoms with Crippen LogP contribution < -0.4 is 5.32 Å². The summed E-state index contributed by atoms with van der Waals surface area (Å²) in [6, 6.07) is 0.774. The fraction of sp³-hybridized carbons (Fsp3) is 1.00. The van der Waals surface area contributed by atoms with Crippen molar-refractivity contribution in [3.05, 3.63) is 0 Å². The van der Waals surface area contributed by atoms with Gasteiger partial charge in [0.25, 0.3) is 0 Å². The smallest absolute Gasteiger partial charge is 0.0223 e. The zero-order chi connectivity index (χ0) is 10.5. The van der Waals surface area contributed by atoms with E-state index in [0.29, 0.717) is 0 Å². The van der Waals surface area contributed by atoms with E-state index in [1.165, 1.54) is 58.2 Å². The van der Waals surface area contributed by atoms with Gasteiger partial charge in [0.2, 0.25) is 0 Å². The number of nitrogens with zero attached hydrogens (tertiary/aromatic N) is 1. The molecule has 1 unspecified atom stereocenters.